The minimum atomic E-state index is -1.31. The molecule has 0 heterocycles. The normalized spacial score (nSPS) is 15.2. The van der Waals surface area contributed by atoms with E-state index < -0.39 is 32.2 Å². The minimum Gasteiger partial charge on any atom is -0.493 e. The van der Waals surface area contributed by atoms with E-state index in [0.717, 1.165) is 18.4 Å². The molecule has 4 N–H and O–H groups in total. The number of hydrogen-bond donors (Lipinski definition) is 3. The predicted molar refractivity (Wildman–Crippen MR) is 201 cm³/mol. The van der Waals surface area contributed by atoms with Crippen molar-refractivity contribution in [1.29, 1.82) is 0 Å². The molecule has 0 bridgehead atoms. The predicted octanol–water partition coefficient (Wildman–Crippen LogP) is 6.67. The molecule has 0 saturated heterocycles. The van der Waals surface area contributed by atoms with E-state index in [1.807, 2.05) is 52.9 Å². The van der Waals surface area contributed by atoms with E-state index in [2.05, 4.69) is 51.3 Å². The SMILES string of the molecule is COCCCOc1cc(C[C@@H](C[C@H](NC(=O)OC(C)(C)C)[C@@H](C[C@@](C)(O[Si](C)C)C(=O)NCCCC(N)=O)C(C)(C)C)C(C)C)ccc1OC. The zero-order chi connectivity index (χ0) is 38.3. The molecule has 0 aliphatic carbocycles. The van der Waals surface area contributed by atoms with Crippen LogP contribution in [-0.2, 0) is 29.9 Å². The van der Waals surface area contributed by atoms with Gasteiger partial charge in [0.25, 0.3) is 5.91 Å². The van der Waals surface area contributed by atoms with Crippen molar-refractivity contribution in [3.05, 3.63) is 23.8 Å². The Balaban J connectivity index is 3.57. The summed E-state index contributed by atoms with van der Waals surface area (Å²) in [5.74, 6) is 0.945. The zero-order valence-corrected chi connectivity index (χ0v) is 34.2. The van der Waals surface area contributed by atoms with Crippen LogP contribution in [0.25, 0.3) is 0 Å². The van der Waals surface area contributed by atoms with Crippen LogP contribution in [0.15, 0.2) is 18.2 Å². The lowest BCUT2D eigenvalue weighted by molar-refractivity contribution is -0.138. The molecule has 0 aliphatic heterocycles. The standard InChI is InChI=1S/C38H68N3O8Si/c1-26(2)28(22-27-17-18-31(46-11)32(23-27)47-21-15-20-45-10)24-30(41-35(44)48-37(6,7)8)29(36(3,4)5)25-38(9,49-50(12)13)34(43)40-19-14-16-33(39)42/h17-18,23,26,28-30H,14-16,19-22,24-25H2,1-13H3,(H2,39,42)(H,40,43)(H,41,44)/t28-,29+,30-,38+/m0/s1. The molecule has 1 aromatic carbocycles. The molecule has 1 rings (SSSR count). The average molecular weight is 723 g/mol. The van der Waals surface area contributed by atoms with Crippen molar-refractivity contribution in [2.45, 2.75) is 131 Å². The first-order valence-corrected chi connectivity index (χ1v) is 20.4. The van der Waals surface area contributed by atoms with Crippen LogP contribution in [0.2, 0.25) is 13.1 Å². The summed E-state index contributed by atoms with van der Waals surface area (Å²) in [7, 11) is 1.99. The fraction of sp³-hybridized carbons (Fsp3) is 0.763. The lowest BCUT2D eigenvalue weighted by Gasteiger charge is -2.44. The molecule has 0 aromatic heterocycles. The van der Waals surface area contributed by atoms with Gasteiger partial charge in [-0.2, -0.15) is 0 Å². The molecule has 0 aliphatic rings. The van der Waals surface area contributed by atoms with Crippen LogP contribution in [0.4, 0.5) is 4.79 Å². The van der Waals surface area contributed by atoms with Crippen LogP contribution in [0, 0.1) is 23.2 Å². The largest absolute Gasteiger partial charge is 0.493 e. The maximum absolute atomic E-state index is 13.8. The van der Waals surface area contributed by atoms with Gasteiger partial charge in [0, 0.05) is 39.1 Å². The third-order valence-electron chi connectivity index (χ3n) is 8.68. The second-order valence-corrected chi connectivity index (χ2v) is 18.1. The van der Waals surface area contributed by atoms with Crippen molar-refractivity contribution in [3.8, 4) is 11.5 Å². The highest BCUT2D eigenvalue weighted by atomic mass is 28.3. The van der Waals surface area contributed by atoms with Crippen LogP contribution in [0.1, 0.15) is 100.0 Å². The van der Waals surface area contributed by atoms with E-state index in [1.165, 1.54) is 0 Å². The molecule has 0 unspecified atom stereocenters. The van der Waals surface area contributed by atoms with Crippen LogP contribution in [0.5, 0.6) is 11.5 Å². The van der Waals surface area contributed by atoms with Crippen LogP contribution >= 0.6 is 0 Å². The Kier molecular flexibility index (Phi) is 18.9. The Morgan fingerprint density at radius 1 is 0.940 bits per heavy atom. The number of alkyl carbamates (subject to hydrolysis) is 1. The number of benzene rings is 1. The molecule has 0 spiro atoms. The molecule has 11 nitrogen and oxygen atoms in total. The number of amides is 3. The second-order valence-electron chi connectivity index (χ2n) is 16.1. The number of hydrogen-bond acceptors (Lipinski definition) is 8. The lowest BCUT2D eigenvalue weighted by atomic mass is 9.68. The number of carbonyl (C=O) groups is 3. The van der Waals surface area contributed by atoms with E-state index in [0.29, 0.717) is 50.5 Å². The number of nitrogens with two attached hydrogens (primary N) is 1. The maximum atomic E-state index is 13.8. The van der Waals surface area contributed by atoms with E-state index >= 15 is 0 Å². The van der Waals surface area contributed by atoms with Gasteiger partial charge < -0.3 is 39.7 Å². The van der Waals surface area contributed by atoms with Crippen molar-refractivity contribution in [2.24, 2.45) is 28.9 Å². The molecule has 0 fully saturated rings. The summed E-state index contributed by atoms with van der Waals surface area (Å²) < 4.78 is 29.1. The van der Waals surface area contributed by atoms with Gasteiger partial charge in [0.05, 0.1) is 13.7 Å². The Bertz CT molecular complexity index is 1200. The van der Waals surface area contributed by atoms with E-state index in [1.54, 1.807) is 14.2 Å². The van der Waals surface area contributed by atoms with Gasteiger partial charge >= 0.3 is 6.09 Å². The Hall–Kier alpha value is -2.83. The molecule has 3 amide bonds. The molecule has 4 atom stereocenters. The van der Waals surface area contributed by atoms with Gasteiger partial charge in [0.2, 0.25) is 14.9 Å². The quantitative estimate of drug-likeness (QED) is 0.0889. The third kappa shape index (κ3) is 16.9. The fourth-order valence-corrected chi connectivity index (χ4v) is 7.18. The smallest absolute Gasteiger partial charge is 0.407 e. The summed E-state index contributed by atoms with van der Waals surface area (Å²) in [6, 6.07) is 5.69. The number of ether oxygens (including phenoxy) is 4. The molecular formula is C38H68N3O8Si. The van der Waals surface area contributed by atoms with E-state index in [9.17, 15) is 14.4 Å². The van der Waals surface area contributed by atoms with Crippen LogP contribution in [-0.4, -0.2) is 78.2 Å². The summed E-state index contributed by atoms with van der Waals surface area (Å²) in [6.07, 6.45) is 2.64. The van der Waals surface area contributed by atoms with Gasteiger partial charge in [-0.15, -0.1) is 0 Å². The monoisotopic (exact) mass is 722 g/mol. The molecule has 12 heteroatoms. The van der Waals surface area contributed by atoms with Gasteiger partial charge in [-0.25, -0.2) is 4.79 Å². The lowest BCUT2D eigenvalue weighted by Crippen LogP contribution is -2.55. The Morgan fingerprint density at radius 3 is 2.12 bits per heavy atom. The number of rotatable bonds is 22. The summed E-state index contributed by atoms with van der Waals surface area (Å²) in [6.45, 7) is 23.6. The van der Waals surface area contributed by atoms with Crippen molar-refractivity contribution in [2.75, 3.05) is 34.0 Å². The first-order valence-electron chi connectivity index (χ1n) is 18.0. The topological polar surface area (TPSA) is 147 Å². The third-order valence-corrected chi connectivity index (χ3v) is 9.54. The first-order chi connectivity index (χ1) is 23.1. The summed E-state index contributed by atoms with van der Waals surface area (Å²) in [5, 5.41) is 6.24. The van der Waals surface area contributed by atoms with E-state index in [4.69, 9.17) is 29.1 Å². The molecule has 0 saturated carbocycles. The van der Waals surface area contributed by atoms with Gasteiger partial charge in [-0.3, -0.25) is 9.59 Å². The molecule has 50 heavy (non-hydrogen) atoms. The number of methoxy groups -OCH3 is 2. The first kappa shape index (κ1) is 45.2. The van der Waals surface area contributed by atoms with Crippen molar-refractivity contribution in [1.82, 2.24) is 10.6 Å². The molecule has 1 aromatic rings. The fourth-order valence-electron chi connectivity index (χ4n) is 6.10. The van der Waals surface area contributed by atoms with Gasteiger partial charge in [0.1, 0.15) is 11.2 Å². The minimum absolute atomic E-state index is 0.154. The highest BCUT2D eigenvalue weighted by Crippen LogP contribution is 2.40. The van der Waals surface area contributed by atoms with E-state index in [-0.39, 0.29) is 41.5 Å². The number of primary amides is 1. The van der Waals surface area contributed by atoms with Crippen molar-refractivity contribution >= 4 is 26.9 Å². The highest BCUT2D eigenvalue weighted by Gasteiger charge is 2.45. The average Bonchev–Trinajstić information content (AvgIpc) is 2.97. The van der Waals surface area contributed by atoms with Gasteiger partial charge in [0.15, 0.2) is 11.5 Å². The highest BCUT2D eigenvalue weighted by molar-refractivity contribution is 6.48. The number of nitrogens with one attached hydrogen (secondary N) is 2. The van der Waals surface area contributed by atoms with Crippen LogP contribution in [0.3, 0.4) is 0 Å². The zero-order valence-electron chi connectivity index (χ0n) is 33.2. The van der Waals surface area contributed by atoms with Gasteiger partial charge in [-0.1, -0.05) is 40.7 Å². The summed E-state index contributed by atoms with van der Waals surface area (Å²) in [5.41, 5.74) is 4.22. The maximum Gasteiger partial charge on any atom is 0.407 e. The van der Waals surface area contributed by atoms with Crippen molar-refractivity contribution in [3.63, 3.8) is 0 Å². The molecular weight excluding hydrogens is 655 g/mol. The Labute approximate surface area is 304 Å². The van der Waals surface area contributed by atoms with Crippen molar-refractivity contribution < 1.29 is 37.8 Å². The second kappa shape index (κ2) is 20.9. The Morgan fingerprint density at radius 2 is 1.60 bits per heavy atom. The van der Waals surface area contributed by atoms with Gasteiger partial charge in [-0.05, 0) is 107 Å². The molecule has 287 valence electrons. The summed E-state index contributed by atoms with van der Waals surface area (Å²) >= 11 is 0. The van der Waals surface area contributed by atoms with Crippen LogP contribution < -0.4 is 25.8 Å². The summed E-state index contributed by atoms with van der Waals surface area (Å²) in [4.78, 5) is 38.6. The molecule has 1 radical (unpaired) electrons. The number of carbonyl (C=O) groups excluding carboxylic acids is 3.